The lowest BCUT2D eigenvalue weighted by Crippen LogP contribution is -2.34. The van der Waals surface area contributed by atoms with Crippen LogP contribution in [0.3, 0.4) is 0 Å². The number of hydrogen-bond donors (Lipinski definition) is 2. The molecule has 8 heteroatoms. The fraction of sp³-hybridized carbons (Fsp3) is 0.400. The Morgan fingerprint density at radius 2 is 2.00 bits per heavy atom. The van der Waals surface area contributed by atoms with E-state index in [4.69, 9.17) is 17.3 Å². The summed E-state index contributed by atoms with van der Waals surface area (Å²) in [6.45, 7) is 4.29. The highest BCUT2D eigenvalue weighted by Crippen LogP contribution is 2.29. The number of aryl methyl sites for hydroxylation is 1. The van der Waals surface area contributed by atoms with Gasteiger partial charge in [0, 0.05) is 17.7 Å². The number of nitrogen functional groups attached to an aromatic ring is 1. The molecule has 0 aliphatic heterocycles. The Balaban J connectivity index is 1.65. The summed E-state index contributed by atoms with van der Waals surface area (Å²) < 4.78 is 17.9. The average Bonchev–Trinajstić information content (AvgIpc) is 3.08. The second-order valence-corrected chi connectivity index (χ2v) is 9.25. The van der Waals surface area contributed by atoms with Crippen LogP contribution in [0.4, 0.5) is 5.69 Å². The minimum absolute atomic E-state index is 0.301. The van der Waals surface area contributed by atoms with E-state index in [1.54, 1.807) is 16.8 Å². The fourth-order valence-electron chi connectivity index (χ4n) is 3.73. The maximum absolute atomic E-state index is 12.9. The van der Waals surface area contributed by atoms with Crippen molar-refractivity contribution >= 4 is 33.9 Å². The van der Waals surface area contributed by atoms with Gasteiger partial charge in [-0.2, -0.15) is 5.10 Å². The highest BCUT2D eigenvalue weighted by molar-refractivity contribution is 7.83. The Morgan fingerprint density at radius 1 is 1.25 bits per heavy atom. The molecule has 0 bridgehead atoms. The standard InChI is InChI=1S/C20H24ClN5OS/c1-12-3-6-14(7-4-12)25-28(27)15-8-5-13(2)16(9-15)18-11-23-20-17(22)10-19(21)24-26(18)20/h5,8-12,14,25H,3-4,6-7,22H2,1-2H3. The summed E-state index contributed by atoms with van der Waals surface area (Å²) in [7, 11) is -1.27. The van der Waals surface area contributed by atoms with Gasteiger partial charge in [-0.05, 0) is 56.2 Å². The Kier molecular flexibility index (Phi) is 5.40. The smallest absolute Gasteiger partial charge is 0.177 e. The van der Waals surface area contributed by atoms with Crippen molar-refractivity contribution in [3.63, 3.8) is 0 Å². The molecule has 148 valence electrons. The number of nitrogens with zero attached hydrogens (tertiary/aromatic N) is 3. The zero-order valence-electron chi connectivity index (χ0n) is 16.0. The monoisotopic (exact) mass is 417 g/mol. The third-order valence-electron chi connectivity index (χ3n) is 5.45. The SMILES string of the molecule is Cc1ccc(S(=O)NC2CCC(C)CC2)cc1-c1cnc2c(N)cc(Cl)nn12. The fourth-order valence-corrected chi connectivity index (χ4v) is 5.02. The summed E-state index contributed by atoms with van der Waals surface area (Å²) in [5, 5.41) is 4.64. The lowest BCUT2D eigenvalue weighted by Gasteiger charge is -2.26. The van der Waals surface area contributed by atoms with Crippen molar-refractivity contribution in [1.82, 2.24) is 19.3 Å². The molecule has 1 aliphatic rings. The molecule has 0 spiro atoms. The van der Waals surface area contributed by atoms with Gasteiger partial charge in [0.05, 0.1) is 22.5 Å². The minimum Gasteiger partial charge on any atom is -0.396 e. The molecule has 2 aromatic heterocycles. The molecule has 6 nitrogen and oxygen atoms in total. The van der Waals surface area contributed by atoms with E-state index < -0.39 is 11.0 Å². The van der Waals surface area contributed by atoms with Crippen molar-refractivity contribution in [2.75, 3.05) is 5.73 Å². The largest absolute Gasteiger partial charge is 0.396 e. The van der Waals surface area contributed by atoms with Crippen molar-refractivity contribution in [2.24, 2.45) is 5.92 Å². The van der Waals surface area contributed by atoms with Gasteiger partial charge in [0.25, 0.3) is 0 Å². The molecule has 1 fully saturated rings. The Morgan fingerprint density at radius 3 is 2.75 bits per heavy atom. The first-order valence-electron chi connectivity index (χ1n) is 9.51. The maximum atomic E-state index is 12.9. The maximum Gasteiger partial charge on any atom is 0.177 e. The molecule has 0 saturated heterocycles. The van der Waals surface area contributed by atoms with Crippen LogP contribution in [0.25, 0.3) is 16.9 Å². The van der Waals surface area contributed by atoms with Gasteiger partial charge < -0.3 is 5.73 Å². The van der Waals surface area contributed by atoms with E-state index in [9.17, 15) is 4.21 Å². The molecule has 1 aliphatic carbocycles. The molecule has 28 heavy (non-hydrogen) atoms. The average molecular weight is 418 g/mol. The van der Waals surface area contributed by atoms with Crippen molar-refractivity contribution in [3.05, 3.63) is 41.2 Å². The van der Waals surface area contributed by atoms with E-state index >= 15 is 0 Å². The number of rotatable bonds is 4. The van der Waals surface area contributed by atoms with E-state index in [0.717, 1.165) is 40.5 Å². The first-order valence-corrected chi connectivity index (χ1v) is 11.0. The van der Waals surface area contributed by atoms with Crippen LogP contribution in [0, 0.1) is 12.8 Å². The van der Waals surface area contributed by atoms with E-state index in [1.165, 1.54) is 12.8 Å². The number of anilines is 1. The van der Waals surface area contributed by atoms with Gasteiger partial charge in [-0.3, -0.25) is 0 Å². The van der Waals surface area contributed by atoms with Crippen LogP contribution in [0.5, 0.6) is 0 Å². The Hall–Kier alpha value is -1.96. The molecule has 4 rings (SSSR count). The number of nitrogens with one attached hydrogen (secondary N) is 1. The number of nitrogens with two attached hydrogens (primary N) is 1. The van der Waals surface area contributed by atoms with E-state index in [-0.39, 0.29) is 0 Å². The van der Waals surface area contributed by atoms with Crippen LogP contribution in [0.2, 0.25) is 5.15 Å². The molecule has 1 aromatic carbocycles. The number of hydrogen-bond acceptors (Lipinski definition) is 4. The predicted molar refractivity (Wildman–Crippen MR) is 114 cm³/mol. The summed E-state index contributed by atoms with van der Waals surface area (Å²) >= 11 is 6.08. The summed E-state index contributed by atoms with van der Waals surface area (Å²) in [5.74, 6) is 0.763. The molecule has 1 atom stereocenters. The normalized spacial score (nSPS) is 21.1. The highest BCUT2D eigenvalue weighted by atomic mass is 35.5. The van der Waals surface area contributed by atoms with Gasteiger partial charge >= 0.3 is 0 Å². The van der Waals surface area contributed by atoms with Gasteiger partial charge in [-0.1, -0.05) is 24.6 Å². The number of halogens is 1. The third-order valence-corrected chi connectivity index (χ3v) is 6.87. The molecular weight excluding hydrogens is 394 g/mol. The predicted octanol–water partition coefficient (Wildman–Crippen LogP) is 4.13. The van der Waals surface area contributed by atoms with Crippen LogP contribution < -0.4 is 10.5 Å². The van der Waals surface area contributed by atoms with Gasteiger partial charge in [0.15, 0.2) is 10.8 Å². The van der Waals surface area contributed by atoms with Crippen LogP contribution in [-0.2, 0) is 11.0 Å². The number of aromatic nitrogens is 3. The van der Waals surface area contributed by atoms with Crippen molar-refractivity contribution in [2.45, 2.75) is 50.5 Å². The van der Waals surface area contributed by atoms with Gasteiger partial charge in [0.1, 0.15) is 11.0 Å². The summed E-state index contributed by atoms with van der Waals surface area (Å²) in [6.07, 6.45) is 6.23. The number of benzene rings is 1. The molecule has 1 saturated carbocycles. The molecule has 0 radical (unpaired) electrons. The molecule has 3 aromatic rings. The topological polar surface area (TPSA) is 85.3 Å². The summed E-state index contributed by atoms with van der Waals surface area (Å²) in [5.41, 5.74) is 9.75. The molecule has 1 unspecified atom stereocenters. The summed E-state index contributed by atoms with van der Waals surface area (Å²) in [4.78, 5) is 5.12. The number of imidazole rings is 1. The van der Waals surface area contributed by atoms with Crippen molar-refractivity contribution in [1.29, 1.82) is 0 Å². The van der Waals surface area contributed by atoms with Gasteiger partial charge in [-0.25, -0.2) is 18.4 Å². The Labute approximate surface area is 172 Å². The lowest BCUT2D eigenvalue weighted by molar-refractivity contribution is 0.335. The van der Waals surface area contributed by atoms with Gasteiger partial charge in [0.2, 0.25) is 0 Å². The van der Waals surface area contributed by atoms with Crippen molar-refractivity contribution in [3.8, 4) is 11.3 Å². The first kappa shape index (κ1) is 19.4. The first-order chi connectivity index (χ1) is 13.4. The Bertz CT molecular complexity index is 1040. The number of fused-ring (bicyclic) bond motifs is 1. The van der Waals surface area contributed by atoms with Crippen LogP contribution in [-0.4, -0.2) is 24.8 Å². The third kappa shape index (κ3) is 3.79. The molecule has 0 amide bonds. The molecular formula is C20H24ClN5OS. The quantitative estimate of drug-likeness (QED) is 0.668. The zero-order chi connectivity index (χ0) is 19.8. The minimum atomic E-state index is -1.27. The second-order valence-electron chi connectivity index (χ2n) is 7.62. The zero-order valence-corrected chi connectivity index (χ0v) is 17.6. The molecule has 2 heterocycles. The van der Waals surface area contributed by atoms with E-state index in [2.05, 4.69) is 21.7 Å². The van der Waals surface area contributed by atoms with Crippen LogP contribution in [0.15, 0.2) is 35.4 Å². The second kappa shape index (κ2) is 7.81. The lowest BCUT2D eigenvalue weighted by atomic mass is 9.88. The van der Waals surface area contributed by atoms with Gasteiger partial charge in [-0.15, -0.1) is 0 Å². The summed E-state index contributed by atoms with van der Waals surface area (Å²) in [6, 6.07) is 7.71. The van der Waals surface area contributed by atoms with Crippen LogP contribution in [0.1, 0.15) is 38.2 Å². The van der Waals surface area contributed by atoms with E-state index in [0.29, 0.717) is 22.5 Å². The van der Waals surface area contributed by atoms with Crippen molar-refractivity contribution < 1.29 is 4.21 Å². The van der Waals surface area contributed by atoms with Crippen LogP contribution >= 0.6 is 11.6 Å². The molecule has 3 N–H and O–H groups in total. The highest BCUT2D eigenvalue weighted by Gasteiger charge is 2.21. The van der Waals surface area contributed by atoms with E-state index in [1.807, 2.05) is 25.1 Å².